The Labute approximate surface area is 96.5 Å². The van der Waals surface area contributed by atoms with Crippen LogP contribution in [0, 0.1) is 11.4 Å². The zero-order valence-electron chi connectivity index (χ0n) is 9.86. The van der Waals surface area contributed by atoms with Crippen molar-refractivity contribution in [3.63, 3.8) is 0 Å². The van der Waals surface area contributed by atoms with Crippen molar-refractivity contribution in [3.8, 4) is 0 Å². The van der Waals surface area contributed by atoms with Gasteiger partial charge in [0.05, 0.1) is 12.3 Å². The molecule has 1 aromatic carbocycles. The second-order valence-corrected chi connectivity index (χ2v) is 3.72. The molecular weight excluding hydrogens is 202 g/mol. The minimum absolute atomic E-state index is 0.576. The Kier molecular flexibility index (Phi) is 5.50. The fourth-order valence-corrected chi connectivity index (χ4v) is 1.42. The molecule has 1 aromatic rings. The van der Waals surface area contributed by atoms with Gasteiger partial charge >= 0.3 is 0 Å². The van der Waals surface area contributed by atoms with Gasteiger partial charge in [0, 0.05) is 0 Å². The zero-order chi connectivity index (χ0) is 11.8. The summed E-state index contributed by atoms with van der Waals surface area (Å²) in [4.78, 5) is 5.41. The number of hydrogen-bond acceptors (Lipinski definition) is 4. The first-order valence-corrected chi connectivity index (χ1v) is 5.66. The third kappa shape index (κ3) is 3.62. The summed E-state index contributed by atoms with van der Waals surface area (Å²) in [5, 5.41) is 3.42. The molecule has 0 aliphatic heterocycles. The monoisotopic (exact) mass is 221 g/mol. The molecule has 16 heavy (non-hydrogen) atoms. The fourth-order valence-electron chi connectivity index (χ4n) is 1.42. The molecule has 0 spiro atoms. The van der Waals surface area contributed by atoms with Crippen LogP contribution in [0.3, 0.4) is 0 Å². The summed E-state index contributed by atoms with van der Waals surface area (Å²) in [7, 11) is 0. The van der Waals surface area contributed by atoms with E-state index in [-0.39, 0.29) is 0 Å². The molecule has 0 fully saturated rings. The van der Waals surface area contributed by atoms with Gasteiger partial charge in [-0.2, -0.15) is 5.11 Å². The van der Waals surface area contributed by atoms with Crippen LogP contribution in [0.4, 0.5) is 11.4 Å². The van der Waals surface area contributed by atoms with E-state index in [1.807, 2.05) is 18.2 Å². The summed E-state index contributed by atoms with van der Waals surface area (Å²) < 4.78 is 0. The van der Waals surface area contributed by atoms with Gasteiger partial charge in [0.2, 0.25) is 0 Å². The van der Waals surface area contributed by atoms with Crippen molar-refractivity contribution in [1.29, 1.82) is 5.53 Å². The van der Waals surface area contributed by atoms with E-state index >= 15 is 0 Å². The van der Waals surface area contributed by atoms with Gasteiger partial charge < -0.3 is 0 Å². The van der Waals surface area contributed by atoms with Crippen molar-refractivity contribution in [2.24, 2.45) is 11.0 Å². The minimum atomic E-state index is 0.576. The number of para-hydroxylation sites is 2. The van der Waals surface area contributed by atoms with E-state index in [2.05, 4.69) is 24.4 Å². The average molecular weight is 221 g/mol. The zero-order valence-corrected chi connectivity index (χ0v) is 9.86. The van der Waals surface area contributed by atoms with Gasteiger partial charge in [-0.3, -0.25) is 10.3 Å². The first-order valence-electron chi connectivity index (χ1n) is 5.66. The van der Waals surface area contributed by atoms with Gasteiger partial charge in [-0.1, -0.05) is 38.8 Å². The van der Waals surface area contributed by atoms with Crippen molar-refractivity contribution < 1.29 is 4.84 Å². The fraction of sp³-hybridized carbons (Fsp3) is 0.500. The second kappa shape index (κ2) is 6.95. The van der Waals surface area contributed by atoms with Gasteiger partial charge in [-0.25, -0.2) is 5.53 Å². The van der Waals surface area contributed by atoms with Crippen molar-refractivity contribution in [2.75, 3.05) is 12.1 Å². The van der Waals surface area contributed by atoms with Crippen molar-refractivity contribution in [3.05, 3.63) is 24.3 Å². The van der Waals surface area contributed by atoms with E-state index in [1.54, 1.807) is 6.07 Å². The first kappa shape index (κ1) is 12.6. The third-order valence-electron chi connectivity index (χ3n) is 2.68. The summed E-state index contributed by atoms with van der Waals surface area (Å²) in [5.74, 6) is 0.576. The normalized spacial score (nSPS) is 10.4. The van der Waals surface area contributed by atoms with Crippen LogP contribution in [0.15, 0.2) is 29.4 Å². The van der Waals surface area contributed by atoms with Crippen LogP contribution in [0.5, 0.6) is 0 Å². The molecule has 4 heteroatoms. The Balaban J connectivity index is 2.45. The lowest BCUT2D eigenvalue weighted by molar-refractivity contribution is 0.145. The summed E-state index contributed by atoms with van der Waals surface area (Å²) in [6.07, 6.45) is 2.23. The SMILES string of the molecule is CCC(CC)CONc1ccccc1N=N. The predicted molar refractivity (Wildman–Crippen MR) is 64.9 cm³/mol. The number of nitrogens with one attached hydrogen (secondary N) is 2. The van der Waals surface area contributed by atoms with E-state index in [4.69, 9.17) is 10.4 Å². The van der Waals surface area contributed by atoms with Crippen molar-refractivity contribution in [2.45, 2.75) is 26.7 Å². The van der Waals surface area contributed by atoms with Gasteiger partial charge in [0.25, 0.3) is 0 Å². The number of nitrogens with zero attached hydrogens (tertiary/aromatic N) is 1. The molecule has 88 valence electrons. The molecule has 0 atom stereocenters. The molecule has 2 N–H and O–H groups in total. The Morgan fingerprint density at radius 2 is 2.00 bits per heavy atom. The van der Waals surface area contributed by atoms with Gasteiger partial charge in [-0.05, 0) is 18.1 Å². The summed E-state index contributed by atoms with van der Waals surface area (Å²) in [5.41, 5.74) is 11.2. The molecule has 0 aromatic heterocycles. The molecule has 0 radical (unpaired) electrons. The molecule has 1 rings (SSSR count). The Morgan fingerprint density at radius 1 is 1.31 bits per heavy atom. The first-order chi connectivity index (χ1) is 7.81. The smallest absolute Gasteiger partial charge is 0.110 e. The van der Waals surface area contributed by atoms with E-state index in [9.17, 15) is 0 Å². The van der Waals surface area contributed by atoms with E-state index < -0.39 is 0 Å². The lowest BCUT2D eigenvalue weighted by Gasteiger charge is -2.14. The van der Waals surface area contributed by atoms with Crippen LogP contribution in [-0.2, 0) is 4.84 Å². The number of hydrogen-bond donors (Lipinski definition) is 2. The van der Waals surface area contributed by atoms with Crippen molar-refractivity contribution >= 4 is 11.4 Å². The van der Waals surface area contributed by atoms with Crippen LogP contribution in [0.2, 0.25) is 0 Å². The van der Waals surface area contributed by atoms with Crippen LogP contribution in [0.1, 0.15) is 26.7 Å². The summed E-state index contributed by atoms with van der Waals surface area (Å²) >= 11 is 0. The highest BCUT2D eigenvalue weighted by Gasteiger charge is 2.04. The van der Waals surface area contributed by atoms with E-state index in [0.717, 1.165) is 18.5 Å². The Bertz CT molecular complexity index is 324. The number of anilines is 1. The number of benzene rings is 1. The van der Waals surface area contributed by atoms with Crippen LogP contribution < -0.4 is 5.48 Å². The maximum Gasteiger partial charge on any atom is 0.110 e. The van der Waals surface area contributed by atoms with Crippen LogP contribution >= 0.6 is 0 Å². The van der Waals surface area contributed by atoms with Crippen LogP contribution in [0.25, 0.3) is 0 Å². The predicted octanol–water partition coefficient (Wildman–Crippen LogP) is 4.13. The van der Waals surface area contributed by atoms with Crippen LogP contribution in [-0.4, -0.2) is 6.61 Å². The third-order valence-corrected chi connectivity index (χ3v) is 2.68. The molecule has 0 aliphatic carbocycles. The molecule has 0 saturated heterocycles. The maximum atomic E-state index is 7.01. The molecule has 0 heterocycles. The Morgan fingerprint density at radius 3 is 2.62 bits per heavy atom. The van der Waals surface area contributed by atoms with Gasteiger partial charge in [0.15, 0.2) is 0 Å². The second-order valence-electron chi connectivity index (χ2n) is 3.72. The quantitative estimate of drug-likeness (QED) is 0.537. The molecule has 0 amide bonds. The molecular formula is C12H19N3O. The largest absolute Gasteiger partial charge is 0.276 e. The lowest BCUT2D eigenvalue weighted by atomic mass is 10.1. The lowest BCUT2D eigenvalue weighted by Crippen LogP contribution is -2.11. The molecule has 4 nitrogen and oxygen atoms in total. The standard InChI is InChI=1S/C12H19N3O/c1-3-10(4-2)9-16-15-12-8-6-5-7-11(12)14-13/h5-8,10,13,15H,3-4,9H2,1-2H3. The van der Waals surface area contributed by atoms with Gasteiger partial charge in [0.1, 0.15) is 5.69 Å². The molecule has 0 bridgehead atoms. The Hall–Kier alpha value is -1.42. The molecule has 0 unspecified atom stereocenters. The van der Waals surface area contributed by atoms with E-state index in [1.165, 1.54) is 0 Å². The maximum absolute atomic E-state index is 7.01. The highest BCUT2D eigenvalue weighted by molar-refractivity contribution is 5.63. The summed E-state index contributed by atoms with van der Waals surface area (Å²) in [6.45, 7) is 4.99. The topological polar surface area (TPSA) is 57.5 Å². The highest BCUT2D eigenvalue weighted by atomic mass is 16.6. The van der Waals surface area contributed by atoms with E-state index in [0.29, 0.717) is 18.2 Å². The average Bonchev–Trinajstić information content (AvgIpc) is 2.35. The summed E-state index contributed by atoms with van der Waals surface area (Å²) in [6, 6.07) is 7.35. The van der Waals surface area contributed by atoms with Crippen molar-refractivity contribution in [1.82, 2.24) is 0 Å². The number of rotatable bonds is 7. The highest BCUT2D eigenvalue weighted by Crippen LogP contribution is 2.23. The van der Waals surface area contributed by atoms with Gasteiger partial charge in [-0.15, -0.1) is 0 Å². The molecule has 0 aliphatic rings. The molecule has 0 saturated carbocycles. The minimum Gasteiger partial charge on any atom is -0.276 e.